The van der Waals surface area contributed by atoms with Crippen LogP contribution in [0.15, 0.2) is 51.8 Å². The zero-order valence-electron chi connectivity index (χ0n) is 15.6. The summed E-state index contributed by atoms with van der Waals surface area (Å²) in [5, 5.41) is 1.42. The number of carbonyl (C=O) groups excluding carboxylic acids is 1. The molecule has 152 valence electrons. The molecule has 4 rings (SSSR count). The quantitative estimate of drug-likeness (QED) is 0.596. The van der Waals surface area contributed by atoms with Crippen molar-refractivity contribution in [2.24, 2.45) is 0 Å². The third-order valence-electron chi connectivity index (χ3n) is 5.09. The predicted octanol–water partition coefficient (Wildman–Crippen LogP) is 4.19. The lowest BCUT2D eigenvalue weighted by Crippen LogP contribution is -2.50. The van der Waals surface area contributed by atoms with Gasteiger partial charge in [-0.25, -0.2) is 8.42 Å². The van der Waals surface area contributed by atoms with E-state index < -0.39 is 10.0 Å². The molecule has 0 N–H and O–H groups in total. The largest absolute Gasteiger partial charge is 0.449 e. The number of halogens is 2. The minimum absolute atomic E-state index is 0.0733. The summed E-state index contributed by atoms with van der Waals surface area (Å²) in [5.41, 5.74) is 1.20. The molecule has 3 aromatic rings. The lowest BCUT2D eigenvalue weighted by atomic mass is 10.1. The fourth-order valence-electron chi connectivity index (χ4n) is 3.48. The Bertz CT molecular complexity index is 1200. The number of sulfonamides is 1. The molecule has 29 heavy (non-hydrogen) atoms. The molecule has 0 unspecified atom stereocenters. The molecule has 1 aliphatic heterocycles. The zero-order valence-corrected chi connectivity index (χ0v) is 17.9. The van der Waals surface area contributed by atoms with Crippen LogP contribution in [0.25, 0.3) is 11.0 Å². The van der Waals surface area contributed by atoms with E-state index in [1.807, 2.05) is 13.0 Å². The van der Waals surface area contributed by atoms with E-state index in [4.69, 9.17) is 27.6 Å². The first kappa shape index (κ1) is 20.2. The van der Waals surface area contributed by atoms with Crippen LogP contribution in [0.2, 0.25) is 10.0 Å². The average molecular weight is 453 g/mol. The number of rotatable bonds is 3. The molecule has 0 saturated carbocycles. The van der Waals surface area contributed by atoms with Crippen LogP contribution < -0.4 is 0 Å². The van der Waals surface area contributed by atoms with Crippen molar-refractivity contribution in [3.05, 3.63) is 63.8 Å². The van der Waals surface area contributed by atoms with Gasteiger partial charge in [-0.1, -0.05) is 47.5 Å². The third kappa shape index (κ3) is 3.53. The van der Waals surface area contributed by atoms with Crippen LogP contribution in [0.4, 0.5) is 0 Å². The van der Waals surface area contributed by atoms with Gasteiger partial charge < -0.3 is 9.32 Å². The molecule has 1 amide bonds. The molecule has 0 bridgehead atoms. The van der Waals surface area contributed by atoms with Crippen molar-refractivity contribution in [3.8, 4) is 0 Å². The fourth-order valence-corrected chi connectivity index (χ4v) is 5.61. The van der Waals surface area contributed by atoms with E-state index in [1.54, 1.807) is 35.2 Å². The summed E-state index contributed by atoms with van der Waals surface area (Å²) in [6.07, 6.45) is 0. The lowest BCUT2D eigenvalue weighted by Gasteiger charge is -2.33. The molecule has 1 aliphatic rings. The number of hydrogen-bond donors (Lipinski definition) is 0. The van der Waals surface area contributed by atoms with Crippen LogP contribution in [-0.4, -0.2) is 49.7 Å². The maximum Gasteiger partial charge on any atom is 0.289 e. The summed E-state index contributed by atoms with van der Waals surface area (Å²) < 4.78 is 32.8. The highest BCUT2D eigenvalue weighted by molar-refractivity contribution is 7.89. The van der Waals surface area contributed by atoms with Gasteiger partial charge >= 0.3 is 0 Å². The number of piperazine rings is 1. The predicted molar refractivity (Wildman–Crippen MR) is 112 cm³/mol. The number of aryl methyl sites for hydroxylation is 1. The molecule has 1 fully saturated rings. The van der Waals surface area contributed by atoms with E-state index in [-0.39, 0.29) is 47.8 Å². The number of carbonyl (C=O) groups is 1. The van der Waals surface area contributed by atoms with E-state index >= 15 is 0 Å². The number of amides is 1. The molecular weight excluding hydrogens is 435 g/mol. The van der Waals surface area contributed by atoms with Crippen molar-refractivity contribution >= 4 is 50.1 Å². The first-order valence-corrected chi connectivity index (χ1v) is 11.2. The van der Waals surface area contributed by atoms with Gasteiger partial charge in [-0.15, -0.1) is 0 Å². The molecule has 1 aromatic heterocycles. The molecule has 0 spiro atoms. The Morgan fingerprint density at radius 1 is 0.966 bits per heavy atom. The standard InChI is InChI=1S/C20H18Cl2N2O4S/c1-13-14-5-4-7-16(22)19(14)28-18(13)20(25)23-9-11-24(12-10-23)29(26,27)17-8-3-2-6-15(17)21/h2-8H,9-12H2,1H3. The summed E-state index contributed by atoms with van der Waals surface area (Å²) in [7, 11) is -3.72. The van der Waals surface area contributed by atoms with Gasteiger partial charge in [-0.3, -0.25) is 4.79 Å². The molecule has 0 atom stereocenters. The molecule has 0 aliphatic carbocycles. The Hall–Kier alpha value is -2.06. The average Bonchev–Trinajstić information content (AvgIpc) is 3.06. The molecule has 0 radical (unpaired) electrons. The SMILES string of the molecule is Cc1c(C(=O)N2CCN(S(=O)(=O)c3ccccc3Cl)CC2)oc2c(Cl)cccc12. The maximum atomic E-state index is 13.0. The summed E-state index contributed by atoms with van der Waals surface area (Å²) in [4.78, 5) is 14.6. The Morgan fingerprint density at radius 3 is 2.28 bits per heavy atom. The van der Waals surface area contributed by atoms with Crippen molar-refractivity contribution in [2.75, 3.05) is 26.2 Å². The summed E-state index contributed by atoms with van der Waals surface area (Å²) in [5.74, 6) is -0.0416. The van der Waals surface area contributed by atoms with Crippen LogP contribution in [0.3, 0.4) is 0 Å². The Kier molecular flexibility index (Phi) is 5.33. The number of hydrogen-bond acceptors (Lipinski definition) is 4. The van der Waals surface area contributed by atoms with Crippen molar-refractivity contribution in [1.29, 1.82) is 0 Å². The fraction of sp³-hybridized carbons (Fsp3) is 0.250. The third-order valence-corrected chi connectivity index (χ3v) is 7.79. The van der Waals surface area contributed by atoms with Gasteiger partial charge in [0.05, 0.1) is 10.0 Å². The Balaban J connectivity index is 1.53. The number of nitrogens with zero attached hydrogens (tertiary/aromatic N) is 2. The Labute approximate surface area is 178 Å². The minimum atomic E-state index is -3.72. The van der Waals surface area contributed by atoms with E-state index in [1.165, 1.54) is 10.4 Å². The van der Waals surface area contributed by atoms with Crippen LogP contribution in [-0.2, 0) is 10.0 Å². The number of benzene rings is 2. The normalized spacial score (nSPS) is 15.8. The second kappa shape index (κ2) is 7.65. The van der Waals surface area contributed by atoms with E-state index in [0.717, 1.165) is 10.9 Å². The van der Waals surface area contributed by atoms with Gasteiger partial charge in [0.25, 0.3) is 5.91 Å². The van der Waals surface area contributed by atoms with Crippen LogP contribution in [0.5, 0.6) is 0 Å². The van der Waals surface area contributed by atoms with E-state index in [2.05, 4.69) is 0 Å². The monoisotopic (exact) mass is 452 g/mol. The number of furan rings is 1. The summed E-state index contributed by atoms with van der Waals surface area (Å²) >= 11 is 12.2. The van der Waals surface area contributed by atoms with Gasteiger partial charge in [0, 0.05) is 37.1 Å². The van der Waals surface area contributed by atoms with E-state index in [0.29, 0.717) is 10.6 Å². The van der Waals surface area contributed by atoms with Gasteiger partial charge in [0.2, 0.25) is 10.0 Å². The number of para-hydroxylation sites is 1. The minimum Gasteiger partial charge on any atom is -0.449 e. The highest BCUT2D eigenvalue weighted by atomic mass is 35.5. The van der Waals surface area contributed by atoms with Crippen molar-refractivity contribution in [1.82, 2.24) is 9.21 Å². The smallest absolute Gasteiger partial charge is 0.289 e. The van der Waals surface area contributed by atoms with E-state index in [9.17, 15) is 13.2 Å². The maximum absolute atomic E-state index is 13.0. The van der Waals surface area contributed by atoms with Gasteiger partial charge in [-0.2, -0.15) is 4.31 Å². The molecule has 1 saturated heterocycles. The van der Waals surface area contributed by atoms with Crippen molar-refractivity contribution < 1.29 is 17.6 Å². The molecule has 2 aromatic carbocycles. The molecular formula is C20H18Cl2N2O4S. The summed E-state index contributed by atoms with van der Waals surface area (Å²) in [6, 6.07) is 11.7. The Morgan fingerprint density at radius 2 is 1.62 bits per heavy atom. The molecule has 6 nitrogen and oxygen atoms in total. The van der Waals surface area contributed by atoms with Gasteiger partial charge in [0.15, 0.2) is 11.3 Å². The van der Waals surface area contributed by atoms with Crippen LogP contribution in [0.1, 0.15) is 16.1 Å². The van der Waals surface area contributed by atoms with Gasteiger partial charge in [0.1, 0.15) is 4.90 Å². The summed E-state index contributed by atoms with van der Waals surface area (Å²) in [6.45, 7) is 2.69. The van der Waals surface area contributed by atoms with Crippen LogP contribution in [0, 0.1) is 6.92 Å². The highest BCUT2D eigenvalue weighted by Crippen LogP contribution is 2.32. The first-order valence-electron chi connectivity index (χ1n) is 9.02. The van der Waals surface area contributed by atoms with Gasteiger partial charge in [-0.05, 0) is 25.1 Å². The van der Waals surface area contributed by atoms with Crippen molar-refractivity contribution in [3.63, 3.8) is 0 Å². The second-order valence-corrected chi connectivity index (χ2v) is 9.52. The van der Waals surface area contributed by atoms with Crippen molar-refractivity contribution in [2.45, 2.75) is 11.8 Å². The molecule has 9 heteroatoms. The first-order chi connectivity index (χ1) is 13.8. The number of fused-ring (bicyclic) bond motifs is 1. The topological polar surface area (TPSA) is 70.8 Å². The lowest BCUT2D eigenvalue weighted by molar-refractivity contribution is 0.0667. The molecule has 2 heterocycles. The second-order valence-electron chi connectivity index (χ2n) is 6.80. The van der Waals surface area contributed by atoms with Crippen LogP contribution >= 0.6 is 23.2 Å². The zero-order chi connectivity index (χ0) is 20.8. The highest BCUT2D eigenvalue weighted by Gasteiger charge is 2.33.